The molecule has 21 heavy (non-hydrogen) atoms. The SMILES string of the molecule is CCCNc1ncnc(N(C)c2ccc(F)cc2)c1OC. The van der Waals surface area contributed by atoms with Crippen molar-refractivity contribution < 1.29 is 9.13 Å². The maximum Gasteiger partial charge on any atom is 0.204 e. The van der Waals surface area contributed by atoms with E-state index in [-0.39, 0.29) is 5.82 Å². The molecular weight excluding hydrogens is 271 g/mol. The van der Waals surface area contributed by atoms with Crippen molar-refractivity contribution in [1.82, 2.24) is 9.97 Å². The summed E-state index contributed by atoms with van der Waals surface area (Å²) in [6.45, 7) is 2.87. The first-order chi connectivity index (χ1) is 10.2. The van der Waals surface area contributed by atoms with Crippen LogP contribution in [0, 0.1) is 5.82 Å². The van der Waals surface area contributed by atoms with E-state index >= 15 is 0 Å². The predicted octanol–water partition coefficient (Wildman–Crippen LogP) is 3.21. The van der Waals surface area contributed by atoms with Crippen LogP contribution in [0.25, 0.3) is 0 Å². The Labute approximate surface area is 123 Å². The van der Waals surface area contributed by atoms with E-state index in [1.165, 1.54) is 18.5 Å². The van der Waals surface area contributed by atoms with Crippen LogP contribution in [0.15, 0.2) is 30.6 Å². The summed E-state index contributed by atoms with van der Waals surface area (Å²) in [4.78, 5) is 10.3. The smallest absolute Gasteiger partial charge is 0.204 e. The molecule has 0 bridgehead atoms. The van der Waals surface area contributed by atoms with Gasteiger partial charge in [0.25, 0.3) is 0 Å². The van der Waals surface area contributed by atoms with Gasteiger partial charge < -0.3 is 15.0 Å². The van der Waals surface area contributed by atoms with E-state index in [0.29, 0.717) is 17.4 Å². The zero-order chi connectivity index (χ0) is 15.2. The largest absolute Gasteiger partial charge is 0.490 e. The molecular formula is C15H19FN4O. The van der Waals surface area contributed by atoms with Gasteiger partial charge in [-0.05, 0) is 30.7 Å². The van der Waals surface area contributed by atoms with E-state index in [1.807, 2.05) is 11.9 Å². The number of benzene rings is 1. The molecule has 0 spiro atoms. The van der Waals surface area contributed by atoms with Gasteiger partial charge in [0.2, 0.25) is 5.75 Å². The first-order valence-electron chi connectivity index (χ1n) is 6.79. The van der Waals surface area contributed by atoms with Gasteiger partial charge in [-0.3, -0.25) is 0 Å². The zero-order valence-corrected chi connectivity index (χ0v) is 12.4. The maximum atomic E-state index is 13.0. The van der Waals surface area contributed by atoms with Crippen molar-refractivity contribution >= 4 is 17.3 Å². The van der Waals surface area contributed by atoms with Crippen molar-refractivity contribution in [3.8, 4) is 5.75 Å². The van der Waals surface area contributed by atoms with Gasteiger partial charge in [-0.25, -0.2) is 14.4 Å². The van der Waals surface area contributed by atoms with Crippen LogP contribution in [0.1, 0.15) is 13.3 Å². The fraction of sp³-hybridized carbons (Fsp3) is 0.333. The fourth-order valence-corrected chi connectivity index (χ4v) is 1.95. The lowest BCUT2D eigenvalue weighted by Gasteiger charge is -2.21. The van der Waals surface area contributed by atoms with Crippen LogP contribution in [0.2, 0.25) is 0 Å². The molecule has 1 aromatic heterocycles. The molecule has 0 saturated heterocycles. The van der Waals surface area contributed by atoms with Gasteiger partial charge in [-0.1, -0.05) is 6.92 Å². The third kappa shape index (κ3) is 3.39. The van der Waals surface area contributed by atoms with Crippen molar-refractivity contribution in [2.24, 2.45) is 0 Å². The Morgan fingerprint density at radius 3 is 2.57 bits per heavy atom. The molecule has 112 valence electrons. The second-order valence-electron chi connectivity index (χ2n) is 4.54. The molecule has 0 atom stereocenters. The fourth-order valence-electron chi connectivity index (χ4n) is 1.95. The summed E-state index contributed by atoms with van der Waals surface area (Å²) in [5.41, 5.74) is 0.815. The topological polar surface area (TPSA) is 50.3 Å². The Bertz CT molecular complexity index is 589. The average Bonchev–Trinajstić information content (AvgIpc) is 2.52. The van der Waals surface area contributed by atoms with E-state index < -0.39 is 0 Å². The minimum absolute atomic E-state index is 0.271. The number of ether oxygens (including phenoxy) is 1. The highest BCUT2D eigenvalue weighted by molar-refractivity contribution is 5.70. The number of anilines is 3. The van der Waals surface area contributed by atoms with Crippen LogP contribution in [0.4, 0.5) is 21.7 Å². The summed E-state index contributed by atoms with van der Waals surface area (Å²) < 4.78 is 18.5. The Morgan fingerprint density at radius 2 is 1.95 bits per heavy atom. The van der Waals surface area contributed by atoms with Crippen LogP contribution in [-0.4, -0.2) is 30.7 Å². The van der Waals surface area contributed by atoms with Gasteiger partial charge in [0.15, 0.2) is 11.6 Å². The molecule has 0 amide bonds. The van der Waals surface area contributed by atoms with Crippen LogP contribution in [-0.2, 0) is 0 Å². The van der Waals surface area contributed by atoms with E-state index in [2.05, 4.69) is 22.2 Å². The second-order valence-corrected chi connectivity index (χ2v) is 4.54. The molecule has 1 heterocycles. The number of nitrogens with zero attached hydrogens (tertiary/aromatic N) is 3. The third-order valence-electron chi connectivity index (χ3n) is 3.06. The standard InChI is InChI=1S/C15H19FN4O/c1-4-9-17-14-13(21-3)15(19-10-18-14)20(2)12-7-5-11(16)6-8-12/h5-8,10H,4,9H2,1-3H3,(H,17,18,19). The maximum absolute atomic E-state index is 13.0. The molecule has 5 nitrogen and oxygen atoms in total. The number of hydrogen-bond acceptors (Lipinski definition) is 5. The summed E-state index contributed by atoms with van der Waals surface area (Å²) in [6, 6.07) is 6.21. The Morgan fingerprint density at radius 1 is 1.24 bits per heavy atom. The number of nitrogens with one attached hydrogen (secondary N) is 1. The Hall–Kier alpha value is -2.37. The Balaban J connectivity index is 2.35. The van der Waals surface area contributed by atoms with Crippen molar-refractivity contribution in [2.75, 3.05) is 30.9 Å². The summed E-state index contributed by atoms with van der Waals surface area (Å²) in [5, 5.41) is 3.21. The lowest BCUT2D eigenvalue weighted by Crippen LogP contribution is -2.14. The van der Waals surface area contributed by atoms with Crippen molar-refractivity contribution in [3.05, 3.63) is 36.4 Å². The number of hydrogen-bond donors (Lipinski definition) is 1. The molecule has 0 unspecified atom stereocenters. The molecule has 0 radical (unpaired) electrons. The number of methoxy groups -OCH3 is 1. The van der Waals surface area contributed by atoms with Crippen LogP contribution < -0.4 is 15.0 Å². The van der Waals surface area contributed by atoms with Gasteiger partial charge in [-0.2, -0.15) is 0 Å². The molecule has 6 heteroatoms. The Kier molecular flexibility index (Phi) is 4.92. The molecule has 0 aliphatic carbocycles. The van der Waals surface area contributed by atoms with Gasteiger partial charge in [0, 0.05) is 19.3 Å². The lowest BCUT2D eigenvalue weighted by atomic mass is 10.3. The summed E-state index contributed by atoms with van der Waals surface area (Å²) in [7, 11) is 3.43. The quantitative estimate of drug-likeness (QED) is 0.885. The molecule has 0 aliphatic rings. The van der Waals surface area contributed by atoms with Crippen molar-refractivity contribution in [1.29, 1.82) is 0 Å². The second kappa shape index (κ2) is 6.88. The van der Waals surface area contributed by atoms with Crippen LogP contribution >= 0.6 is 0 Å². The van der Waals surface area contributed by atoms with Gasteiger partial charge in [0.05, 0.1) is 7.11 Å². The highest BCUT2D eigenvalue weighted by atomic mass is 19.1. The van der Waals surface area contributed by atoms with Crippen molar-refractivity contribution in [3.63, 3.8) is 0 Å². The van der Waals surface area contributed by atoms with E-state index in [9.17, 15) is 4.39 Å². The first-order valence-corrected chi connectivity index (χ1v) is 6.79. The highest BCUT2D eigenvalue weighted by Crippen LogP contribution is 2.34. The number of aromatic nitrogens is 2. The number of rotatable bonds is 6. The summed E-state index contributed by atoms with van der Waals surface area (Å²) in [6.07, 6.45) is 2.46. The first kappa shape index (κ1) is 15.0. The third-order valence-corrected chi connectivity index (χ3v) is 3.06. The van der Waals surface area contributed by atoms with E-state index in [4.69, 9.17) is 4.74 Å². The molecule has 0 saturated carbocycles. The van der Waals surface area contributed by atoms with E-state index in [1.54, 1.807) is 19.2 Å². The molecule has 2 aromatic rings. The van der Waals surface area contributed by atoms with Crippen molar-refractivity contribution in [2.45, 2.75) is 13.3 Å². The molecule has 0 aliphatic heterocycles. The number of halogens is 1. The molecule has 1 N–H and O–H groups in total. The van der Waals surface area contributed by atoms with Gasteiger partial charge in [-0.15, -0.1) is 0 Å². The van der Waals surface area contributed by atoms with Crippen LogP contribution in [0.3, 0.4) is 0 Å². The predicted molar refractivity (Wildman–Crippen MR) is 81.8 cm³/mol. The average molecular weight is 290 g/mol. The van der Waals surface area contributed by atoms with Crippen LogP contribution in [0.5, 0.6) is 5.75 Å². The molecule has 0 fully saturated rings. The van der Waals surface area contributed by atoms with E-state index in [0.717, 1.165) is 18.7 Å². The van der Waals surface area contributed by atoms with Gasteiger partial charge >= 0.3 is 0 Å². The minimum Gasteiger partial charge on any atom is -0.490 e. The highest BCUT2D eigenvalue weighted by Gasteiger charge is 2.16. The summed E-state index contributed by atoms with van der Waals surface area (Å²) >= 11 is 0. The minimum atomic E-state index is -0.271. The zero-order valence-electron chi connectivity index (χ0n) is 12.4. The molecule has 2 rings (SSSR count). The molecule has 1 aromatic carbocycles. The monoisotopic (exact) mass is 290 g/mol. The van der Waals surface area contributed by atoms with Gasteiger partial charge in [0.1, 0.15) is 12.1 Å². The summed E-state index contributed by atoms with van der Waals surface area (Å²) in [5.74, 6) is 1.57. The lowest BCUT2D eigenvalue weighted by molar-refractivity contribution is 0.413. The normalized spacial score (nSPS) is 10.3.